The average molecular weight is 216 g/mol. The van der Waals surface area contributed by atoms with E-state index in [1.54, 1.807) is 6.92 Å². The van der Waals surface area contributed by atoms with E-state index in [-0.39, 0.29) is 5.92 Å². The maximum atomic E-state index is 12.4. The molecular weight excluding hydrogens is 203 g/mol. The number of rotatable bonds is 3. The van der Waals surface area contributed by atoms with E-state index in [1.165, 1.54) is 0 Å². The van der Waals surface area contributed by atoms with Gasteiger partial charge in [0.05, 0.1) is 5.75 Å². The Bertz CT molecular complexity index is 412. The molecule has 0 radical (unpaired) electrons. The second-order valence-electron chi connectivity index (χ2n) is 3.46. The molecule has 0 saturated carbocycles. The minimum atomic E-state index is -4.39. The first-order valence-electron chi connectivity index (χ1n) is 4.38. The van der Waals surface area contributed by atoms with Gasteiger partial charge in [0, 0.05) is 0 Å². The van der Waals surface area contributed by atoms with Crippen LogP contribution in [-0.2, 0) is 10.2 Å². The SMILES string of the molecule is Cc1ccccc1C(C)CS(=O)(=O)F. The van der Waals surface area contributed by atoms with Crippen molar-refractivity contribution in [2.24, 2.45) is 0 Å². The first kappa shape index (κ1) is 11.2. The number of halogens is 1. The number of hydrogen-bond donors (Lipinski definition) is 0. The summed E-state index contributed by atoms with van der Waals surface area (Å²) in [6.45, 7) is 3.59. The van der Waals surface area contributed by atoms with Crippen LogP contribution in [0.5, 0.6) is 0 Å². The molecule has 4 heteroatoms. The minimum absolute atomic E-state index is 0.300. The van der Waals surface area contributed by atoms with Crippen molar-refractivity contribution in [1.82, 2.24) is 0 Å². The predicted octanol–water partition coefficient (Wildman–Crippen LogP) is 2.40. The zero-order valence-electron chi connectivity index (χ0n) is 8.20. The molecule has 0 aromatic heterocycles. The van der Waals surface area contributed by atoms with Crippen LogP contribution in [-0.4, -0.2) is 14.2 Å². The van der Waals surface area contributed by atoms with Gasteiger partial charge in [-0.1, -0.05) is 31.2 Å². The van der Waals surface area contributed by atoms with E-state index >= 15 is 0 Å². The zero-order valence-corrected chi connectivity index (χ0v) is 9.01. The van der Waals surface area contributed by atoms with Gasteiger partial charge < -0.3 is 0 Å². The third kappa shape index (κ3) is 3.10. The first-order valence-corrected chi connectivity index (χ1v) is 5.93. The van der Waals surface area contributed by atoms with Crippen LogP contribution >= 0.6 is 0 Å². The van der Waals surface area contributed by atoms with Gasteiger partial charge >= 0.3 is 10.2 Å². The van der Waals surface area contributed by atoms with Gasteiger partial charge in [0.1, 0.15) is 0 Å². The monoisotopic (exact) mass is 216 g/mol. The molecule has 14 heavy (non-hydrogen) atoms. The van der Waals surface area contributed by atoms with Gasteiger partial charge in [0.25, 0.3) is 0 Å². The highest BCUT2D eigenvalue weighted by Crippen LogP contribution is 2.21. The molecule has 0 saturated heterocycles. The molecule has 78 valence electrons. The largest absolute Gasteiger partial charge is 0.303 e. The summed E-state index contributed by atoms with van der Waals surface area (Å²) in [5, 5.41) is 0. The van der Waals surface area contributed by atoms with E-state index in [2.05, 4.69) is 0 Å². The number of aryl methyl sites for hydroxylation is 1. The smallest absolute Gasteiger partial charge is 0.195 e. The fourth-order valence-electron chi connectivity index (χ4n) is 1.53. The van der Waals surface area contributed by atoms with Crippen molar-refractivity contribution in [2.75, 3.05) is 5.75 Å². The predicted molar refractivity (Wildman–Crippen MR) is 54.5 cm³/mol. The van der Waals surface area contributed by atoms with Crippen LogP contribution in [0.1, 0.15) is 24.0 Å². The third-order valence-corrected chi connectivity index (χ3v) is 3.07. The minimum Gasteiger partial charge on any atom is -0.195 e. The summed E-state index contributed by atoms with van der Waals surface area (Å²) >= 11 is 0. The van der Waals surface area contributed by atoms with Crippen LogP contribution < -0.4 is 0 Å². The van der Waals surface area contributed by atoms with Crippen molar-refractivity contribution in [1.29, 1.82) is 0 Å². The summed E-state index contributed by atoms with van der Waals surface area (Å²) in [4.78, 5) is 0. The normalized spacial score (nSPS) is 13.9. The lowest BCUT2D eigenvalue weighted by molar-refractivity contribution is 0.546. The van der Waals surface area contributed by atoms with Crippen molar-refractivity contribution >= 4 is 10.2 Å². The molecule has 1 rings (SSSR count). The van der Waals surface area contributed by atoms with Gasteiger partial charge in [0.2, 0.25) is 0 Å². The van der Waals surface area contributed by atoms with E-state index in [0.717, 1.165) is 11.1 Å². The molecule has 1 unspecified atom stereocenters. The highest BCUT2D eigenvalue weighted by atomic mass is 32.3. The molecule has 0 fully saturated rings. The van der Waals surface area contributed by atoms with Crippen LogP contribution in [0, 0.1) is 6.92 Å². The van der Waals surface area contributed by atoms with E-state index in [4.69, 9.17) is 0 Å². The van der Waals surface area contributed by atoms with Gasteiger partial charge in [-0.2, -0.15) is 8.42 Å². The van der Waals surface area contributed by atoms with Gasteiger partial charge in [-0.05, 0) is 24.0 Å². The quantitative estimate of drug-likeness (QED) is 0.727. The molecule has 2 nitrogen and oxygen atoms in total. The molecule has 0 aliphatic rings. The van der Waals surface area contributed by atoms with E-state index in [9.17, 15) is 12.3 Å². The topological polar surface area (TPSA) is 34.1 Å². The second kappa shape index (κ2) is 4.09. The molecule has 0 aliphatic heterocycles. The van der Waals surface area contributed by atoms with Gasteiger partial charge in [-0.15, -0.1) is 3.89 Å². The Balaban J connectivity index is 2.90. The molecule has 1 aromatic rings. The summed E-state index contributed by atoms with van der Waals surface area (Å²) in [5.41, 5.74) is 1.87. The Morgan fingerprint density at radius 3 is 2.43 bits per heavy atom. The fraction of sp³-hybridized carbons (Fsp3) is 0.400. The molecule has 0 spiro atoms. The second-order valence-corrected chi connectivity index (χ2v) is 4.87. The Morgan fingerprint density at radius 2 is 1.93 bits per heavy atom. The third-order valence-electron chi connectivity index (χ3n) is 2.17. The molecule has 0 bridgehead atoms. The Labute approximate surface area is 84.0 Å². The zero-order chi connectivity index (χ0) is 10.8. The van der Waals surface area contributed by atoms with Crippen LogP contribution in [0.15, 0.2) is 24.3 Å². The molecule has 0 N–H and O–H groups in total. The van der Waals surface area contributed by atoms with Crippen LogP contribution in [0.4, 0.5) is 3.89 Å². The van der Waals surface area contributed by atoms with Gasteiger partial charge in [-0.3, -0.25) is 0 Å². The molecular formula is C10H13FO2S. The maximum Gasteiger partial charge on any atom is 0.303 e. The highest BCUT2D eigenvalue weighted by Gasteiger charge is 2.16. The summed E-state index contributed by atoms with van der Waals surface area (Å²) in [7, 11) is -4.39. The molecule has 0 aliphatic carbocycles. The van der Waals surface area contributed by atoms with Crippen molar-refractivity contribution in [3.8, 4) is 0 Å². The Hall–Kier alpha value is -0.900. The summed E-state index contributed by atoms with van der Waals surface area (Å²) < 4.78 is 33.3. The van der Waals surface area contributed by atoms with Crippen molar-refractivity contribution < 1.29 is 12.3 Å². The van der Waals surface area contributed by atoms with Crippen LogP contribution in [0.25, 0.3) is 0 Å². The number of benzene rings is 1. The number of hydrogen-bond acceptors (Lipinski definition) is 2. The van der Waals surface area contributed by atoms with E-state index in [1.807, 2.05) is 31.2 Å². The summed E-state index contributed by atoms with van der Waals surface area (Å²) in [5.74, 6) is -0.746. The summed E-state index contributed by atoms with van der Waals surface area (Å²) in [6, 6.07) is 7.40. The van der Waals surface area contributed by atoms with Crippen molar-refractivity contribution in [2.45, 2.75) is 19.8 Å². The lowest BCUT2D eigenvalue weighted by atomic mass is 9.98. The van der Waals surface area contributed by atoms with E-state index < -0.39 is 16.0 Å². The van der Waals surface area contributed by atoms with Crippen molar-refractivity contribution in [3.05, 3.63) is 35.4 Å². The van der Waals surface area contributed by atoms with Crippen molar-refractivity contribution in [3.63, 3.8) is 0 Å². The van der Waals surface area contributed by atoms with Gasteiger partial charge in [-0.25, -0.2) is 0 Å². The molecule has 0 heterocycles. The first-order chi connectivity index (χ1) is 6.40. The standard InChI is InChI=1S/C10H13FO2S/c1-8-5-3-4-6-10(8)9(2)7-14(11,12)13/h3-6,9H,7H2,1-2H3. The highest BCUT2D eigenvalue weighted by molar-refractivity contribution is 7.86. The molecule has 1 aromatic carbocycles. The maximum absolute atomic E-state index is 12.4. The molecule has 1 atom stereocenters. The molecule has 0 amide bonds. The van der Waals surface area contributed by atoms with Crippen LogP contribution in [0.3, 0.4) is 0 Å². The van der Waals surface area contributed by atoms with E-state index in [0.29, 0.717) is 0 Å². The Kier molecular flexibility index (Phi) is 3.26. The average Bonchev–Trinajstić information content (AvgIpc) is 2.01. The fourth-order valence-corrected chi connectivity index (χ4v) is 2.30. The lowest BCUT2D eigenvalue weighted by Gasteiger charge is -2.11. The van der Waals surface area contributed by atoms with Crippen LogP contribution in [0.2, 0.25) is 0 Å². The summed E-state index contributed by atoms with van der Waals surface area (Å²) in [6.07, 6.45) is 0. The Morgan fingerprint density at radius 1 is 1.36 bits per heavy atom. The van der Waals surface area contributed by atoms with Gasteiger partial charge in [0.15, 0.2) is 0 Å². The lowest BCUT2D eigenvalue weighted by Crippen LogP contribution is -2.08.